The van der Waals surface area contributed by atoms with E-state index in [9.17, 15) is 9.59 Å². The minimum atomic E-state index is -0.464. The lowest BCUT2D eigenvalue weighted by molar-refractivity contribution is -0.115. The summed E-state index contributed by atoms with van der Waals surface area (Å²) in [5.41, 5.74) is 0.600. The second-order valence-corrected chi connectivity index (χ2v) is 6.34. The van der Waals surface area contributed by atoms with E-state index in [2.05, 4.69) is 31.9 Å². The van der Waals surface area contributed by atoms with E-state index in [1.54, 1.807) is 24.3 Å². The van der Waals surface area contributed by atoms with Crippen LogP contribution in [-0.2, 0) is 4.79 Å². The van der Waals surface area contributed by atoms with Gasteiger partial charge in [0.2, 0.25) is 0 Å². The third-order valence-electron chi connectivity index (χ3n) is 1.89. The van der Waals surface area contributed by atoms with Gasteiger partial charge in [-0.25, -0.2) is 4.90 Å². The van der Waals surface area contributed by atoms with Crippen LogP contribution in [0.25, 0.3) is 0 Å². The summed E-state index contributed by atoms with van der Waals surface area (Å²) in [5, 5.41) is -0.246. The first-order valence-electron chi connectivity index (χ1n) is 4.04. The second-order valence-electron chi connectivity index (χ2n) is 2.85. The van der Waals surface area contributed by atoms with Crippen LogP contribution < -0.4 is 4.90 Å². The van der Waals surface area contributed by atoms with Gasteiger partial charge in [-0.15, -0.1) is 0 Å². The summed E-state index contributed by atoms with van der Waals surface area (Å²) in [6, 6.07) is 7.04. The molecule has 0 aliphatic carbocycles. The molecule has 0 saturated carbocycles. The first-order chi connectivity index (χ1) is 7.09. The van der Waals surface area contributed by atoms with Crippen LogP contribution in [0.3, 0.4) is 0 Å². The predicted octanol–water partition coefficient (Wildman–Crippen LogP) is 3.37. The topological polar surface area (TPSA) is 37.4 Å². The van der Waals surface area contributed by atoms with Crippen molar-refractivity contribution in [1.82, 2.24) is 0 Å². The molecule has 0 unspecified atom stereocenters. The van der Waals surface area contributed by atoms with E-state index in [0.717, 1.165) is 16.2 Å². The third-order valence-corrected chi connectivity index (χ3v) is 4.16. The van der Waals surface area contributed by atoms with Crippen LogP contribution in [0, 0.1) is 0 Å². The Kier molecular flexibility index (Phi) is 3.18. The van der Waals surface area contributed by atoms with Crippen LogP contribution in [0.15, 0.2) is 28.7 Å². The molecule has 1 aromatic carbocycles. The van der Waals surface area contributed by atoms with Gasteiger partial charge in [-0.1, -0.05) is 31.9 Å². The highest BCUT2D eigenvalue weighted by Crippen LogP contribution is 2.34. The van der Waals surface area contributed by atoms with Gasteiger partial charge in [-0.3, -0.25) is 9.59 Å². The Balaban J connectivity index is 2.35. The van der Waals surface area contributed by atoms with Gasteiger partial charge in [0.05, 0.1) is 5.69 Å². The highest BCUT2D eigenvalue weighted by Gasteiger charge is 2.38. The summed E-state index contributed by atoms with van der Waals surface area (Å²) >= 11 is 7.41. The molecule has 1 aliphatic rings. The summed E-state index contributed by atoms with van der Waals surface area (Å²) in [4.78, 5) is 24.3. The summed E-state index contributed by atoms with van der Waals surface area (Å²) < 4.78 is 0.446. The number of carbonyl (C=O) groups excluding carboxylic acids is 2. The fourth-order valence-electron chi connectivity index (χ4n) is 1.21. The zero-order valence-electron chi connectivity index (χ0n) is 7.31. The number of amides is 2. The van der Waals surface area contributed by atoms with E-state index in [1.807, 2.05) is 0 Å². The number of rotatable bonds is 1. The van der Waals surface area contributed by atoms with Gasteiger partial charge in [0.25, 0.3) is 11.1 Å². The number of alkyl halides is 1. The smallest absolute Gasteiger partial charge is 0.272 e. The highest BCUT2D eigenvalue weighted by atomic mass is 79.9. The molecule has 78 valence electrons. The highest BCUT2D eigenvalue weighted by molar-refractivity contribution is 9.12. The molecule has 2 rings (SSSR count). The Hall–Kier alpha value is -0.330. The van der Waals surface area contributed by atoms with E-state index in [1.165, 1.54) is 4.90 Å². The first kappa shape index (κ1) is 11.2. The van der Waals surface area contributed by atoms with Crippen LogP contribution in [0.1, 0.15) is 0 Å². The molecule has 0 aromatic heterocycles. The number of carbonyl (C=O) groups is 2. The monoisotopic (exact) mass is 349 g/mol. The minimum absolute atomic E-state index is 0.229. The number of benzene rings is 1. The van der Waals surface area contributed by atoms with E-state index in [-0.39, 0.29) is 11.1 Å². The van der Waals surface area contributed by atoms with Crippen LogP contribution in [0.2, 0.25) is 0 Å². The molecule has 0 spiro atoms. The van der Waals surface area contributed by atoms with Gasteiger partial charge < -0.3 is 0 Å². The fourth-order valence-corrected chi connectivity index (χ4v) is 2.84. The Morgan fingerprint density at radius 2 is 1.80 bits per heavy atom. The maximum Gasteiger partial charge on any atom is 0.294 e. The van der Waals surface area contributed by atoms with Gasteiger partial charge in [0.15, 0.2) is 0 Å². The summed E-state index contributed by atoms with van der Waals surface area (Å²) in [7, 11) is 0. The van der Waals surface area contributed by atoms with Crippen molar-refractivity contribution in [3.05, 3.63) is 28.7 Å². The lowest BCUT2D eigenvalue weighted by Gasteiger charge is -2.12. The Labute approximate surface area is 107 Å². The van der Waals surface area contributed by atoms with Crippen molar-refractivity contribution in [2.24, 2.45) is 0 Å². The molecule has 1 aromatic rings. The SMILES string of the molecule is O=C1S[C@@H](Br)C(=O)N1c1ccc(Br)cc1. The Morgan fingerprint density at radius 3 is 2.27 bits per heavy atom. The quantitative estimate of drug-likeness (QED) is 0.729. The van der Waals surface area contributed by atoms with Crippen molar-refractivity contribution in [2.45, 2.75) is 4.16 Å². The molecule has 6 heteroatoms. The minimum Gasteiger partial charge on any atom is -0.272 e. The van der Waals surface area contributed by atoms with Gasteiger partial charge in [-0.05, 0) is 36.0 Å². The average Bonchev–Trinajstić information content (AvgIpc) is 2.44. The van der Waals surface area contributed by atoms with Crippen molar-refractivity contribution in [2.75, 3.05) is 4.90 Å². The summed E-state index contributed by atoms with van der Waals surface area (Å²) in [6.07, 6.45) is 0. The molecule has 1 heterocycles. The van der Waals surface area contributed by atoms with Gasteiger partial charge in [0.1, 0.15) is 4.16 Å². The largest absolute Gasteiger partial charge is 0.294 e. The number of hydrogen-bond acceptors (Lipinski definition) is 3. The number of anilines is 1. The van der Waals surface area contributed by atoms with Crippen molar-refractivity contribution < 1.29 is 9.59 Å². The van der Waals surface area contributed by atoms with E-state index < -0.39 is 4.16 Å². The molecular formula is C9H5Br2NO2S. The molecule has 1 atom stereocenters. The molecular weight excluding hydrogens is 346 g/mol. The molecule has 0 radical (unpaired) electrons. The van der Waals surface area contributed by atoms with E-state index >= 15 is 0 Å². The standard InChI is InChI=1S/C9H5Br2NO2S/c10-5-1-3-6(4-2-5)12-8(13)7(11)15-9(12)14/h1-4,7H/t7-/m1/s1. The van der Waals surface area contributed by atoms with Gasteiger partial charge in [-0.2, -0.15) is 0 Å². The number of halogens is 2. The Morgan fingerprint density at radius 1 is 1.20 bits per heavy atom. The number of thioether (sulfide) groups is 1. The van der Waals surface area contributed by atoms with Crippen molar-refractivity contribution in [1.29, 1.82) is 0 Å². The van der Waals surface area contributed by atoms with Crippen LogP contribution in [0.5, 0.6) is 0 Å². The lowest BCUT2D eigenvalue weighted by atomic mass is 10.3. The maximum absolute atomic E-state index is 11.6. The molecule has 15 heavy (non-hydrogen) atoms. The third kappa shape index (κ3) is 2.11. The molecule has 1 fully saturated rings. The molecule has 0 bridgehead atoms. The number of imide groups is 1. The molecule has 2 amide bonds. The van der Waals surface area contributed by atoms with Crippen LogP contribution in [0.4, 0.5) is 10.5 Å². The number of nitrogens with zero attached hydrogens (tertiary/aromatic N) is 1. The first-order valence-corrected chi connectivity index (χ1v) is 6.62. The van der Waals surface area contributed by atoms with Gasteiger partial charge >= 0.3 is 0 Å². The maximum atomic E-state index is 11.6. The van der Waals surface area contributed by atoms with Crippen LogP contribution >= 0.6 is 43.6 Å². The zero-order valence-corrected chi connectivity index (χ0v) is 11.3. The predicted molar refractivity (Wildman–Crippen MR) is 67.3 cm³/mol. The van der Waals surface area contributed by atoms with Crippen molar-refractivity contribution in [3.63, 3.8) is 0 Å². The van der Waals surface area contributed by atoms with E-state index in [0.29, 0.717) is 5.69 Å². The average molecular weight is 351 g/mol. The second kappa shape index (κ2) is 4.27. The molecule has 1 saturated heterocycles. The normalized spacial score (nSPS) is 21.2. The fraction of sp³-hybridized carbons (Fsp3) is 0.111. The summed E-state index contributed by atoms with van der Waals surface area (Å²) in [5.74, 6) is -0.229. The van der Waals surface area contributed by atoms with Crippen LogP contribution in [-0.4, -0.2) is 15.3 Å². The van der Waals surface area contributed by atoms with Gasteiger partial charge in [0, 0.05) is 4.47 Å². The zero-order chi connectivity index (χ0) is 11.0. The number of hydrogen-bond donors (Lipinski definition) is 0. The molecule has 0 N–H and O–H groups in total. The summed E-state index contributed by atoms with van der Waals surface area (Å²) in [6.45, 7) is 0. The van der Waals surface area contributed by atoms with Crippen molar-refractivity contribution in [3.8, 4) is 0 Å². The molecule has 3 nitrogen and oxygen atoms in total. The molecule has 1 aliphatic heterocycles. The van der Waals surface area contributed by atoms with E-state index in [4.69, 9.17) is 0 Å². The van der Waals surface area contributed by atoms with Crippen molar-refractivity contribution >= 4 is 60.5 Å². The lowest BCUT2D eigenvalue weighted by Crippen LogP contribution is -2.29. The Bertz CT molecular complexity index is 421.